The van der Waals surface area contributed by atoms with E-state index in [4.69, 9.17) is 5.73 Å². The fourth-order valence-electron chi connectivity index (χ4n) is 2.17. The van der Waals surface area contributed by atoms with Gasteiger partial charge in [0.2, 0.25) is 5.03 Å². The van der Waals surface area contributed by atoms with Crippen LogP contribution in [0.2, 0.25) is 0 Å². The van der Waals surface area contributed by atoms with Gasteiger partial charge in [0.1, 0.15) is 0 Å². The molecule has 0 atom stereocenters. The first-order valence-corrected chi connectivity index (χ1v) is 8.56. The number of sulfonamides is 1. The zero-order valence-electron chi connectivity index (χ0n) is 11.5. The molecule has 2 heterocycles. The predicted molar refractivity (Wildman–Crippen MR) is 84.2 cm³/mol. The van der Waals surface area contributed by atoms with Crippen molar-refractivity contribution in [3.05, 3.63) is 40.9 Å². The molecule has 8 heteroatoms. The Morgan fingerprint density at radius 2 is 2.10 bits per heavy atom. The van der Waals surface area contributed by atoms with E-state index in [-0.39, 0.29) is 10.8 Å². The van der Waals surface area contributed by atoms with Crippen molar-refractivity contribution in [3.63, 3.8) is 0 Å². The van der Waals surface area contributed by atoms with Crippen molar-refractivity contribution in [3.8, 4) is 0 Å². The maximum absolute atomic E-state index is 12.6. The molecule has 0 amide bonds. The molecule has 6 nitrogen and oxygen atoms in total. The van der Waals surface area contributed by atoms with Crippen molar-refractivity contribution in [2.75, 3.05) is 10.5 Å². The van der Waals surface area contributed by atoms with Crippen molar-refractivity contribution in [2.45, 2.75) is 18.9 Å². The normalized spacial score (nSPS) is 11.9. The highest BCUT2D eigenvalue weighted by Crippen LogP contribution is 2.26. The maximum Gasteiger partial charge on any atom is 0.281 e. The number of nitrogen functional groups attached to an aromatic ring is 1. The van der Waals surface area contributed by atoms with Crippen LogP contribution in [0.25, 0.3) is 4.96 Å². The van der Waals surface area contributed by atoms with E-state index in [1.807, 2.05) is 26.0 Å². The summed E-state index contributed by atoms with van der Waals surface area (Å²) in [5.41, 5.74) is 8.21. The molecule has 0 saturated carbocycles. The van der Waals surface area contributed by atoms with E-state index >= 15 is 0 Å². The summed E-state index contributed by atoms with van der Waals surface area (Å²) in [7, 11) is -3.80. The third-order valence-electron chi connectivity index (χ3n) is 3.12. The van der Waals surface area contributed by atoms with Crippen LogP contribution in [0.1, 0.15) is 11.1 Å². The first-order valence-electron chi connectivity index (χ1n) is 6.19. The second-order valence-electron chi connectivity index (χ2n) is 4.78. The molecule has 3 rings (SSSR count). The van der Waals surface area contributed by atoms with Gasteiger partial charge in [0.15, 0.2) is 10.8 Å². The lowest BCUT2D eigenvalue weighted by molar-refractivity contribution is 0.597. The number of aryl methyl sites for hydroxylation is 2. The predicted octanol–water partition coefficient (Wildman–Crippen LogP) is 2.40. The molecule has 3 N–H and O–H groups in total. The van der Waals surface area contributed by atoms with E-state index < -0.39 is 10.0 Å². The zero-order valence-corrected chi connectivity index (χ0v) is 13.1. The minimum Gasteiger partial charge on any atom is -0.381 e. The second-order valence-corrected chi connectivity index (χ2v) is 7.25. The lowest BCUT2D eigenvalue weighted by atomic mass is 10.1. The number of nitrogens with zero attached hydrogens (tertiary/aromatic N) is 2. The van der Waals surface area contributed by atoms with Gasteiger partial charge in [0.05, 0.1) is 5.69 Å². The Labute approximate surface area is 126 Å². The van der Waals surface area contributed by atoms with Gasteiger partial charge in [-0.05, 0) is 25.5 Å². The summed E-state index contributed by atoms with van der Waals surface area (Å²) in [6.07, 6.45) is 1.64. The number of benzene rings is 1. The van der Waals surface area contributed by atoms with Crippen LogP contribution in [0.4, 0.5) is 11.5 Å². The molecule has 3 aromatic rings. The van der Waals surface area contributed by atoms with Crippen LogP contribution in [0.15, 0.2) is 34.8 Å². The highest BCUT2D eigenvalue weighted by molar-refractivity contribution is 7.92. The molecular weight excluding hydrogens is 308 g/mol. The maximum atomic E-state index is 12.6. The lowest BCUT2D eigenvalue weighted by Gasteiger charge is -2.11. The summed E-state index contributed by atoms with van der Waals surface area (Å²) >= 11 is 1.33. The monoisotopic (exact) mass is 322 g/mol. The molecule has 0 saturated heterocycles. The van der Waals surface area contributed by atoms with Gasteiger partial charge in [-0.25, -0.2) is 4.98 Å². The summed E-state index contributed by atoms with van der Waals surface area (Å²) in [6, 6.07) is 5.51. The van der Waals surface area contributed by atoms with Crippen LogP contribution in [-0.2, 0) is 10.0 Å². The molecule has 110 valence electrons. The van der Waals surface area contributed by atoms with Gasteiger partial charge in [-0.3, -0.25) is 9.12 Å². The summed E-state index contributed by atoms with van der Waals surface area (Å²) in [4.78, 5) is 4.61. The average Bonchev–Trinajstić information content (AvgIpc) is 2.91. The van der Waals surface area contributed by atoms with Crippen molar-refractivity contribution >= 4 is 37.8 Å². The Kier molecular flexibility index (Phi) is 3.14. The van der Waals surface area contributed by atoms with Crippen molar-refractivity contribution in [1.29, 1.82) is 0 Å². The molecule has 0 aliphatic carbocycles. The van der Waals surface area contributed by atoms with Crippen molar-refractivity contribution in [1.82, 2.24) is 9.38 Å². The number of imidazole rings is 1. The van der Waals surface area contributed by atoms with Gasteiger partial charge >= 0.3 is 0 Å². The highest BCUT2D eigenvalue weighted by atomic mass is 32.2. The number of thiazole rings is 1. The zero-order chi connectivity index (χ0) is 15.2. The summed E-state index contributed by atoms with van der Waals surface area (Å²) in [5.74, 6) is -0.000820. The minimum atomic E-state index is -3.80. The number of aromatic nitrogens is 2. The van der Waals surface area contributed by atoms with Gasteiger partial charge < -0.3 is 5.73 Å². The van der Waals surface area contributed by atoms with Crippen LogP contribution in [0.5, 0.6) is 0 Å². The second kappa shape index (κ2) is 4.74. The first-order chi connectivity index (χ1) is 9.88. The number of hydrogen-bond acceptors (Lipinski definition) is 5. The Bertz CT molecular complexity index is 925. The number of hydrogen-bond donors (Lipinski definition) is 2. The summed E-state index contributed by atoms with van der Waals surface area (Å²) in [6.45, 7) is 3.81. The van der Waals surface area contributed by atoms with Crippen LogP contribution in [-0.4, -0.2) is 17.8 Å². The van der Waals surface area contributed by atoms with Crippen LogP contribution >= 0.6 is 11.3 Å². The molecule has 0 fully saturated rings. The van der Waals surface area contributed by atoms with Gasteiger partial charge in [0, 0.05) is 11.6 Å². The lowest BCUT2D eigenvalue weighted by Crippen LogP contribution is -2.17. The molecule has 0 aliphatic heterocycles. The molecular formula is C13H14N4O2S2. The molecule has 0 bridgehead atoms. The summed E-state index contributed by atoms with van der Waals surface area (Å²) in [5, 5.41) is 1.73. The molecule has 0 aliphatic rings. The molecule has 1 aromatic carbocycles. The Balaban J connectivity index is 2.08. The van der Waals surface area contributed by atoms with Gasteiger partial charge in [-0.1, -0.05) is 17.7 Å². The molecule has 0 radical (unpaired) electrons. The van der Waals surface area contributed by atoms with Crippen molar-refractivity contribution < 1.29 is 8.42 Å². The molecule has 2 aromatic heterocycles. The van der Waals surface area contributed by atoms with E-state index in [0.29, 0.717) is 10.6 Å². The van der Waals surface area contributed by atoms with Crippen LogP contribution in [0, 0.1) is 13.8 Å². The van der Waals surface area contributed by atoms with Gasteiger partial charge in [-0.2, -0.15) is 8.42 Å². The summed E-state index contributed by atoms with van der Waals surface area (Å²) < 4.78 is 29.2. The third kappa shape index (κ3) is 2.36. The molecule has 21 heavy (non-hydrogen) atoms. The molecule has 0 unspecified atom stereocenters. The quantitative estimate of drug-likeness (QED) is 0.775. The number of rotatable bonds is 3. The minimum absolute atomic E-state index is 0.000820. The van der Waals surface area contributed by atoms with E-state index in [0.717, 1.165) is 11.1 Å². The topological polar surface area (TPSA) is 89.5 Å². The number of nitrogens with one attached hydrogen (secondary N) is 1. The Hall–Kier alpha value is -2.06. The van der Waals surface area contributed by atoms with Crippen molar-refractivity contribution in [2.24, 2.45) is 0 Å². The first kappa shape index (κ1) is 13.9. The van der Waals surface area contributed by atoms with Gasteiger partial charge in [-0.15, -0.1) is 11.3 Å². The number of nitrogens with two attached hydrogens (primary N) is 1. The average molecular weight is 322 g/mol. The smallest absolute Gasteiger partial charge is 0.281 e. The number of anilines is 2. The Morgan fingerprint density at radius 1 is 1.33 bits per heavy atom. The molecule has 0 spiro atoms. The third-order valence-corrected chi connectivity index (χ3v) is 5.28. The van der Waals surface area contributed by atoms with E-state index in [9.17, 15) is 8.42 Å². The Morgan fingerprint density at radius 3 is 2.81 bits per heavy atom. The van der Waals surface area contributed by atoms with E-state index in [1.54, 1.807) is 17.6 Å². The SMILES string of the molecule is Cc1ccc(NS(=O)(=O)c2c(N)nc3sccn23)c(C)c1. The number of fused-ring (bicyclic) bond motifs is 1. The fraction of sp³-hybridized carbons (Fsp3) is 0.154. The van der Waals surface area contributed by atoms with Crippen LogP contribution in [0.3, 0.4) is 0 Å². The van der Waals surface area contributed by atoms with E-state index in [2.05, 4.69) is 9.71 Å². The highest BCUT2D eigenvalue weighted by Gasteiger charge is 2.25. The standard InChI is InChI=1S/C13H14N4O2S2/c1-8-3-4-10(9(2)7-8)16-21(18,19)12-11(14)15-13-17(12)5-6-20-13/h3-7,16H,14H2,1-2H3. The van der Waals surface area contributed by atoms with Gasteiger partial charge in [0.25, 0.3) is 10.0 Å². The van der Waals surface area contributed by atoms with Crippen LogP contribution < -0.4 is 10.5 Å². The largest absolute Gasteiger partial charge is 0.381 e. The van der Waals surface area contributed by atoms with E-state index in [1.165, 1.54) is 15.7 Å². The fourth-order valence-corrected chi connectivity index (χ4v) is 4.29.